The molecule has 1 aliphatic rings. The highest BCUT2D eigenvalue weighted by molar-refractivity contribution is 5.16. The number of nitrogens with zero attached hydrogens (tertiary/aromatic N) is 1. The first-order valence-electron chi connectivity index (χ1n) is 4.95. The molecular weight excluding hydrogens is 180 g/mol. The third kappa shape index (κ3) is 1.97. The molecule has 4 nitrogen and oxygen atoms in total. The molecule has 0 spiro atoms. The van der Waals surface area contributed by atoms with Gasteiger partial charge in [0.15, 0.2) is 0 Å². The number of β-amino-alcohol motifs (C(OH)–C–C–N with tert-alkyl or cyclic N) is 1. The summed E-state index contributed by atoms with van der Waals surface area (Å²) in [6.07, 6.45) is 2.36. The van der Waals surface area contributed by atoms with E-state index < -0.39 is 0 Å². The topological polar surface area (TPSA) is 62.6 Å². The zero-order valence-electron chi connectivity index (χ0n) is 8.15. The summed E-state index contributed by atoms with van der Waals surface area (Å²) in [6, 6.07) is 1.90. The van der Waals surface area contributed by atoms with Crippen molar-refractivity contribution in [2.75, 3.05) is 13.1 Å². The lowest BCUT2D eigenvalue weighted by Gasteiger charge is -2.13. The average Bonchev–Trinajstić information content (AvgIpc) is 2.76. The van der Waals surface area contributed by atoms with Crippen molar-refractivity contribution in [1.82, 2.24) is 4.90 Å². The van der Waals surface area contributed by atoms with Crippen LogP contribution in [-0.4, -0.2) is 29.2 Å². The predicted molar refractivity (Wildman–Crippen MR) is 52.5 cm³/mol. The van der Waals surface area contributed by atoms with Gasteiger partial charge in [0.25, 0.3) is 0 Å². The number of hydrogen-bond acceptors (Lipinski definition) is 4. The van der Waals surface area contributed by atoms with Gasteiger partial charge in [-0.25, -0.2) is 0 Å². The SMILES string of the molecule is NCc1ccoc1CN1CCC(O)C1. The van der Waals surface area contributed by atoms with E-state index in [2.05, 4.69) is 4.90 Å². The molecule has 1 aromatic rings. The van der Waals surface area contributed by atoms with Crippen molar-refractivity contribution in [1.29, 1.82) is 0 Å². The Kier molecular flexibility index (Phi) is 2.86. The van der Waals surface area contributed by atoms with E-state index in [9.17, 15) is 5.11 Å². The number of aliphatic hydroxyl groups is 1. The van der Waals surface area contributed by atoms with Crippen molar-refractivity contribution in [2.24, 2.45) is 5.73 Å². The van der Waals surface area contributed by atoms with Crippen molar-refractivity contribution in [3.05, 3.63) is 23.7 Å². The van der Waals surface area contributed by atoms with Crippen LogP contribution < -0.4 is 5.73 Å². The number of hydrogen-bond donors (Lipinski definition) is 2. The van der Waals surface area contributed by atoms with Gasteiger partial charge in [0.2, 0.25) is 0 Å². The summed E-state index contributed by atoms with van der Waals surface area (Å²) in [5.74, 6) is 0.932. The number of likely N-dealkylation sites (tertiary alicyclic amines) is 1. The van der Waals surface area contributed by atoms with Crippen LogP contribution in [0.25, 0.3) is 0 Å². The number of rotatable bonds is 3. The summed E-state index contributed by atoms with van der Waals surface area (Å²) >= 11 is 0. The molecule has 1 aliphatic heterocycles. The normalized spacial score (nSPS) is 23.1. The number of furan rings is 1. The molecule has 0 radical (unpaired) electrons. The fourth-order valence-corrected chi connectivity index (χ4v) is 1.85. The van der Waals surface area contributed by atoms with E-state index in [1.165, 1.54) is 0 Å². The van der Waals surface area contributed by atoms with Crippen LogP contribution in [0, 0.1) is 0 Å². The molecule has 3 N–H and O–H groups in total. The quantitative estimate of drug-likeness (QED) is 0.730. The fourth-order valence-electron chi connectivity index (χ4n) is 1.85. The molecule has 0 aliphatic carbocycles. The molecule has 0 bridgehead atoms. The van der Waals surface area contributed by atoms with E-state index >= 15 is 0 Å². The van der Waals surface area contributed by atoms with E-state index in [1.54, 1.807) is 6.26 Å². The molecule has 1 saturated heterocycles. The summed E-state index contributed by atoms with van der Waals surface area (Å²) < 4.78 is 5.35. The van der Waals surface area contributed by atoms with Crippen LogP contribution in [0.2, 0.25) is 0 Å². The van der Waals surface area contributed by atoms with Crippen molar-refractivity contribution in [3.63, 3.8) is 0 Å². The zero-order valence-corrected chi connectivity index (χ0v) is 8.15. The molecule has 1 unspecified atom stereocenters. The maximum atomic E-state index is 9.36. The maximum Gasteiger partial charge on any atom is 0.122 e. The zero-order chi connectivity index (χ0) is 9.97. The first-order chi connectivity index (χ1) is 6.79. The molecule has 78 valence electrons. The highest BCUT2D eigenvalue weighted by Gasteiger charge is 2.21. The Balaban J connectivity index is 1.97. The van der Waals surface area contributed by atoms with Gasteiger partial charge in [0.1, 0.15) is 5.76 Å². The monoisotopic (exact) mass is 196 g/mol. The molecule has 1 atom stereocenters. The van der Waals surface area contributed by atoms with Crippen LogP contribution in [0.4, 0.5) is 0 Å². The van der Waals surface area contributed by atoms with E-state index in [0.29, 0.717) is 6.54 Å². The van der Waals surface area contributed by atoms with Gasteiger partial charge in [0, 0.05) is 25.2 Å². The highest BCUT2D eigenvalue weighted by Crippen LogP contribution is 2.16. The summed E-state index contributed by atoms with van der Waals surface area (Å²) in [4.78, 5) is 2.18. The average molecular weight is 196 g/mol. The predicted octanol–water partition coefficient (Wildman–Crippen LogP) is 0.305. The Labute approximate surface area is 83.3 Å². The molecule has 0 amide bonds. The lowest BCUT2D eigenvalue weighted by molar-refractivity contribution is 0.172. The molecular formula is C10H16N2O2. The largest absolute Gasteiger partial charge is 0.468 e. The maximum absolute atomic E-state index is 9.36. The van der Waals surface area contributed by atoms with E-state index in [4.69, 9.17) is 10.2 Å². The Morgan fingerprint density at radius 1 is 1.64 bits per heavy atom. The second-order valence-electron chi connectivity index (χ2n) is 3.75. The molecule has 4 heteroatoms. The summed E-state index contributed by atoms with van der Waals surface area (Å²) in [7, 11) is 0. The van der Waals surface area contributed by atoms with E-state index in [1.807, 2.05) is 6.07 Å². The standard InChI is InChI=1S/C10H16N2O2/c11-5-8-2-4-14-10(8)7-12-3-1-9(13)6-12/h2,4,9,13H,1,3,5-7,11H2. The van der Waals surface area contributed by atoms with Gasteiger partial charge in [-0.05, 0) is 12.5 Å². The van der Waals surface area contributed by atoms with Gasteiger partial charge < -0.3 is 15.3 Å². The molecule has 1 aromatic heterocycles. The Bertz CT molecular complexity index is 298. The molecule has 14 heavy (non-hydrogen) atoms. The third-order valence-electron chi connectivity index (χ3n) is 2.67. The summed E-state index contributed by atoms with van der Waals surface area (Å²) in [5.41, 5.74) is 6.63. The Morgan fingerprint density at radius 2 is 2.50 bits per heavy atom. The second kappa shape index (κ2) is 4.13. The molecule has 0 aromatic carbocycles. The van der Waals surface area contributed by atoms with Crippen molar-refractivity contribution >= 4 is 0 Å². The van der Waals surface area contributed by atoms with Gasteiger partial charge in [0.05, 0.1) is 18.9 Å². The van der Waals surface area contributed by atoms with Gasteiger partial charge in [-0.2, -0.15) is 0 Å². The lowest BCUT2D eigenvalue weighted by atomic mass is 10.2. The van der Waals surface area contributed by atoms with Crippen molar-refractivity contribution in [3.8, 4) is 0 Å². The molecule has 0 saturated carbocycles. The highest BCUT2D eigenvalue weighted by atomic mass is 16.3. The number of aliphatic hydroxyl groups excluding tert-OH is 1. The first-order valence-corrected chi connectivity index (χ1v) is 4.95. The second-order valence-corrected chi connectivity index (χ2v) is 3.75. The van der Waals surface area contributed by atoms with Crippen molar-refractivity contribution < 1.29 is 9.52 Å². The van der Waals surface area contributed by atoms with Gasteiger partial charge in [-0.1, -0.05) is 0 Å². The van der Waals surface area contributed by atoms with Gasteiger partial charge >= 0.3 is 0 Å². The minimum Gasteiger partial charge on any atom is -0.468 e. The smallest absolute Gasteiger partial charge is 0.122 e. The summed E-state index contributed by atoms with van der Waals surface area (Å²) in [5, 5.41) is 9.36. The first kappa shape index (κ1) is 9.71. The third-order valence-corrected chi connectivity index (χ3v) is 2.67. The van der Waals surface area contributed by atoms with Crippen molar-refractivity contribution in [2.45, 2.75) is 25.6 Å². The number of nitrogens with two attached hydrogens (primary N) is 1. The van der Waals surface area contributed by atoms with Crippen LogP contribution >= 0.6 is 0 Å². The van der Waals surface area contributed by atoms with Crippen LogP contribution in [0.3, 0.4) is 0 Å². The molecule has 2 heterocycles. The fraction of sp³-hybridized carbons (Fsp3) is 0.600. The lowest BCUT2D eigenvalue weighted by Crippen LogP contribution is -2.22. The Hall–Kier alpha value is -0.840. The van der Waals surface area contributed by atoms with Gasteiger partial charge in [-0.15, -0.1) is 0 Å². The minimum atomic E-state index is -0.175. The van der Waals surface area contributed by atoms with Crippen LogP contribution in [-0.2, 0) is 13.1 Å². The van der Waals surface area contributed by atoms with Crippen LogP contribution in [0.5, 0.6) is 0 Å². The molecule has 1 fully saturated rings. The minimum absolute atomic E-state index is 0.175. The van der Waals surface area contributed by atoms with E-state index in [-0.39, 0.29) is 6.10 Å². The molecule has 2 rings (SSSR count). The van der Waals surface area contributed by atoms with Gasteiger partial charge in [-0.3, -0.25) is 4.90 Å². The Morgan fingerprint density at radius 3 is 3.14 bits per heavy atom. The summed E-state index contributed by atoms with van der Waals surface area (Å²) in [6.45, 7) is 2.95. The van der Waals surface area contributed by atoms with E-state index in [0.717, 1.165) is 37.4 Å². The van der Waals surface area contributed by atoms with Crippen LogP contribution in [0.15, 0.2) is 16.7 Å². The van der Waals surface area contributed by atoms with Crippen LogP contribution in [0.1, 0.15) is 17.7 Å².